The van der Waals surface area contributed by atoms with Gasteiger partial charge in [-0.1, -0.05) is 13.8 Å². The Morgan fingerprint density at radius 2 is 2.44 bits per heavy atom. The summed E-state index contributed by atoms with van der Waals surface area (Å²) in [7, 11) is 0. The van der Waals surface area contributed by atoms with E-state index in [1.54, 1.807) is 0 Å². The lowest BCUT2D eigenvalue weighted by molar-refractivity contribution is 0.173. The van der Waals surface area contributed by atoms with E-state index < -0.39 is 6.17 Å². The van der Waals surface area contributed by atoms with E-state index in [-0.39, 0.29) is 6.04 Å². The van der Waals surface area contributed by atoms with Gasteiger partial charge in [-0.25, -0.2) is 4.39 Å². The zero-order chi connectivity index (χ0) is 11.5. The molecule has 1 aliphatic heterocycles. The van der Waals surface area contributed by atoms with Crippen LogP contribution < -0.4 is 5.32 Å². The Morgan fingerprint density at radius 3 is 3.12 bits per heavy atom. The van der Waals surface area contributed by atoms with E-state index in [9.17, 15) is 4.39 Å². The van der Waals surface area contributed by atoms with Crippen molar-refractivity contribution in [1.82, 2.24) is 15.1 Å². The second kappa shape index (κ2) is 4.95. The highest BCUT2D eigenvalue weighted by molar-refractivity contribution is 5.06. The van der Waals surface area contributed by atoms with Crippen molar-refractivity contribution in [3.63, 3.8) is 0 Å². The molecule has 16 heavy (non-hydrogen) atoms. The van der Waals surface area contributed by atoms with E-state index in [1.807, 2.05) is 17.1 Å². The van der Waals surface area contributed by atoms with E-state index in [2.05, 4.69) is 24.3 Å². The standard InChI is InChI=1S/C12H20FN3/c1-9(2)5-10-6-15-16(8-10)12-3-4-14-7-11(12)13/h6,8-9,11-12,14H,3-5,7H2,1-2H3. The minimum Gasteiger partial charge on any atom is -0.314 e. The molecular formula is C12H20FN3. The fourth-order valence-corrected chi connectivity index (χ4v) is 2.24. The molecule has 4 heteroatoms. The molecule has 1 aliphatic rings. The highest BCUT2D eigenvalue weighted by atomic mass is 19.1. The predicted octanol–water partition coefficient (Wildman–Crippen LogP) is 1.95. The average molecular weight is 225 g/mol. The van der Waals surface area contributed by atoms with Crippen LogP contribution in [0.25, 0.3) is 0 Å². The molecule has 0 aliphatic carbocycles. The fraction of sp³-hybridized carbons (Fsp3) is 0.750. The van der Waals surface area contributed by atoms with E-state index in [0.29, 0.717) is 12.5 Å². The van der Waals surface area contributed by atoms with E-state index in [4.69, 9.17) is 0 Å². The Kier molecular flexibility index (Phi) is 3.59. The maximum atomic E-state index is 13.7. The van der Waals surface area contributed by atoms with Gasteiger partial charge in [0.2, 0.25) is 0 Å². The summed E-state index contributed by atoms with van der Waals surface area (Å²) in [5.41, 5.74) is 1.21. The SMILES string of the molecule is CC(C)Cc1cnn(C2CCNCC2F)c1. The smallest absolute Gasteiger partial charge is 0.135 e. The van der Waals surface area contributed by atoms with Gasteiger partial charge in [-0.3, -0.25) is 4.68 Å². The molecule has 0 bridgehead atoms. The summed E-state index contributed by atoms with van der Waals surface area (Å²) < 4.78 is 15.5. The average Bonchev–Trinajstić information content (AvgIpc) is 2.66. The molecule has 0 spiro atoms. The lowest BCUT2D eigenvalue weighted by Gasteiger charge is -2.26. The van der Waals surface area contributed by atoms with Crippen LogP contribution in [-0.2, 0) is 6.42 Å². The van der Waals surface area contributed by atoms with Gasteiger partial charge in [-0.2, -0.15) is 5.10 Å². The van der Waals surface area contributed by atoms with Crippen molar-refractivity contribution in [1.29, 1.82) is 0 Å². The van der Waals surface area contributed by atoms with E-state index in [1.165, 1.54) is 5.56 Å². The summed E-state index contributed by atoms with van der Waals surface area (Å²) in [6.45, 7) is 5.69. The number of nitrogens with one attached hydrogen (secondary N) is 1. The molecule has 2 rings (SSSR count). The molecule has 2 atom stereocenters. The molecule has 2 heterocycles. The summed E-state index contributed by atoms with van der Waals surface area (Å²) in [6, 6.07) is -0.0813. The van der Waals surface area contributed by atoms with Crippen LogP contribution >= 0.6 is 0 Å². The normalized spacial score (nSPS) is 26.2. The van der Waals surface area contributed by atoms with Crippen LogP contribution in [0, 0.1) is 5.92 Å². The van der Waals surface area contributed by atoms with Gasteiger partial charge < -0.3 is 5.32 Å². The maximum absolute atomic E-state index is 13.7. The van der Waals surface area contributed by atoms with Gasteiger partial charge in [0.15, 0.2) is 0 Å². The lowest BCUT2D eigenvalue weighted by atomic mass is 10.0. The van der Waals surface area contributed by atoms with Crippen LogP contribution in [0.1, 0.15) is 31.9 Å². The summed E-state index contributed by atoms with van der Waals surface area (Å²) in [6.07, 6.45) is 4.89. The molecule has 3 nitrogen and oxygen atoms in total. The Labute approximate surface area is 96.0 Å². The Morgan fingerprint density at radius 1 is 1.62 bits per heavy atom. The van der Waals surface area contributed by atoms with Crippen LogP contribution in [0.5, 0.6) is 0 Å². The number of aromatic nitrogens is 2. The summed E-state index contributed by atoms with van der Waals surface area (Å²) in [5, 5.41) is 7.35. The van der Waals surface area contributed by atoms with Crippen molar-refractivity contribution in [3.05, 3.63) is 18.0 Å². The Balaban J connectivity index is 2.05. The third-order valence-electron chi connectivity index (χ3n) is 3.01. The van der Waals surface area contributed by atoms with Crippen LogP contribution in [0.2, 0.25) is 0 Å². The molecule has 90 valence electrons. The third kappa shape index (κ3) is 2.61. The second-order valence-corrected chi connectivity index (χ2v) is 5.00. The monoisotopic (exact) mass is 225 g/mol. The first-order valence-electron chi connectivity index (χ1n) is 6.04. The van der Waals surface area contributed by atoms with Gasteiger partial charge in [0.05, 0.1) is 12.2 Å². The second-order valence-electron chi connectivity index (χ2n) is 5.00. The van der Waals surface area contributed by atoms with Gasteiger partial charge in [-0.15, -0.1) is 0 Å². The molecule has 0 amide bonds. The van der Waals surface area contributed by atoms with Gasteiger partial charge in [0.25, 0.3) is 0 Å². The summed E-state index contributed by atoms with van der Waals surface area (Å²) in [4.78, 5) is 0. The largest absolute Gasteiger partial charge is 0.314 e. The van der Waals surface area contributed by atoms with Crippen molar-refractivity contribution in [2.24, 2.45) is 5.92 Å². The molecule has 0 aromatic carbocycles. The summed E-state index contributed by atoms with van der Waals surface area (Å²) in [5.74, 6) is 0.617. The van der Waals surface area contributed by atoms with Crippen LogP contribution in [0.3, 0.4) is 0 Å². The zero-order valence-electron chi connectivity index (χ0n) is 9.99. The number of rotatable bonds is 3. The predicted molar refractivity (Wildman–Crippen MR) is 62.2 cm³/mol. The Bertz CT molecular complexity index is 335. The number of halogens is 1. The molecule has 1 aromatic heterocycles. The highest BCUT2D eigenvalue weighted by Gasteiger charge is 2.26. The minimum atomic E-state index is -0.819. The summed E-state index contributed by atoms with van der Waals surface area (Å²) >= 11 is 0. The van der Waals surface area contributed by atoms with E-state index in [0.717, 1.165) is 19.4 Å². The number of alkyl halides is 1. The van der Waals surface area contributed by atoms with Crippen molar-refractivity contribution < 1.29 is 4.39 Å². The number of hydrogen-bond acceptors (Lipinski definition) is 2. The van der Waals surface area contributed by atoms with Crippen LogP contribution in [0.15, 0.2) is 12.4 Å². The van der Waals surface area contributed by atoms with Crippen molar-refractivity contribution in [3.8, 4) is 0 Å². The highest BCUT2D eigenvalue weighted by Crippen LogP contribution is 2.21. The van der Waals surface area contributed by atoms with Crippen molar-refractivity contribution in [2.75, 3.05) is 13.1 Å². The first-order valence-corrected chi connectivity index (χ1v) is 6.04. The number of piperidine rings is 1. The van der Waals surface area contributed by atoms with Crippen molar-refractivity contribution >= 4 is 0 Å². The van der Waals surface area contributed by atoms with E-state index >= 15 is 0 Å². The minimum absolute atomic E-state index is 0.0813. The molecule has 1 saturated heterocycles. The zero-order valence-corrected chi connectivity index (χ0v) is 9.99. The molecule has 1 N–H and O–H groups in total. The molecule has 1 aromatic rings. The van der Waals surface area contributed by atoms with Gasteiger partial charge in [0, 0.05) is 12.7 Å². The Hall–Kier alpha value is -0.900. The van der Waals surface area contributed by atoms with Crippen LogP contribution in [0.4, 0.5) is 4.39 Å². The number of hydrogen-bond donors (Lipinski definition) is 1. The van der Waals surface area contributed by atoms with Crippen LogP contribution in [-0.4, -0.2) is 29.0 Å². The van der Waals surface area contributed by atoms with Gasteiger partial charge in [-0.05, 0) is 30.9 Å². The fourth-order valence-electron chi connectivity index (χ4n) is 2.24. The molecule has 1 fully saturated rings. The maximum Gasteiger partial charge on any atom is 0.135 e. The van der Waals surface area contributed by atoms with Gasteiger partial charge >= 0.3 is 0 Å². The molecule has 0 radical (unpaired) electrons. The third-order valence-corrected chi connectivity index (χ3v) is 3.01. The molecule has 0 saturated carbocycles. The quantitative estimate of drug-likeness (QED) is 0.852. The topological polar surface area (TPSA) is 29.9 Å². The van der Waals surface area contributed by atoms with Gasteiger partial charge in [0.1, 0.15) is 6.17 Å². The number of nitrogens with zero attached hydrogens (tertiary/aromatic N) is 2. The first-order chi connectivity index (χ1) is 7.66. The lowest BCUT2D eigenvalue weighted by Crippen LogP contribution is -2.39. The molecule has 2 unspecified atom stereocenters. The van der Waals surface area contributed by atoms with Crippen molar-refractivity contribution in [2.45, 2.75) is 38.9 Å². The molecular weight excluding hydrogens is 205 g/mol. The first kappa shape index (κ1) is 11.6.